The molecule has 0 spiro atoms. The molecule has 0 bridgehead atoms. The first-order valence-electron chi connectivity index (χ1n) is 9.76. The maximum atomic E-state index is 13.6. The van der Waals surface area contributed by atoms with Gasteiger partial charge in [0, 0.05) is 6.07 Å². The zero-order valence-corrected chi connectivity index (χ0v) is 20.2. The lowest BCUT2D eigenvalue weighted by atomic mass is 10.1. The Hall–Kier alpha value is -2.98. The molecule has 0 amide bonds. The Bertz CT molecular complexity index is 1180. The van der Waals surface area contributed by atoms with E-state index in [-0.39, 0.29) is 22.1 Å². The molecule has 2 aromatic heterocycles. The first kappa shape index (κ1) is 23.7. The molecule has 32 heavy (non-hydrogen) atoms. The highest BCUT2D eigenvalue weighted by molar-refractivity contribution is 7.93. The highest BCUT2D eigenvalue weighted by Gasteiger charge is 2.33. The number of nitrogens with zero attached hydrogens (tertiary/aromatic N) is 3. The van der Waals surface area contributed by atoms with Gasteiger partial charge >= 0.3 is 5.97 Å². The Morgan fingerprint density at radius 3 is 2.34 bits per heavy atom. The number of ether oxygens (including phenoxy) is 2. The maximum Gasteiger partial charge on any atom is 0.360 e. The van der Waals surface area contributed by atoms with Crippen molar-refractivity contribution in [2.24, 2.45) is 0 Å². The highest BCUT2D eigenvalue weighted by Crippen LogP contribution is 2.33. The fourth-order valence-electron chi connectivity index (χ4n) is 2.78. The zero-order valence-electron chi connectivity index (χ0n) is 18.5. The minimum Gasteiger partial charge on any atom is -0.481 e. The van der Waals surface area contributed by atoms with Crippen LogP contribution in [0.15, 0.2) is 53.0 Å². The second kappa shape index (κ2) is 9.25. The van der Waals surface area contributed by atoms with Crippen LogP contribution in [0.2, 0.25) is 0 Å². The molecular weight excluding hydrogens is 450 g/mol. The third-order valence-corrected chi connectivity index (χ3v) is 7.01. The van der Waals surface area contributed by atoms with E-state index in [1.165, 1.54) is 30.9 Å². The van der Waals surface area contributed by atoms with Gasteiger partial charge in [-0.1, -0.05) is 29.8 Å². The van der Waals surface area contributed by atoms with Gasteiger partial charge in [0.2, 0.25) is 5.88 Å². The van der Waals surface area contributed by atoms with Crippen LogP contribution < -0.4 is 9.04 Å². The predicted molar refractivity (Wildman–Crippen MR) is 123 cm³/mol. The van der Waals surface area contributed by atoms with Crippen LogP contribution in [0.3, 0.4) is 0 Å². The number of carbonyl (C=O) groups is 1. The lowest BCUT2D eigenvalue weighted by Crippen LogP contribution is -2.32. The van der Waals surface area contributed by atoms with Crippen LogP contribution in [-0.4, -0.2) is 37.1 Å². The van der Waals surface area contributed by atoms with E-state index in [1.807, 2.05) is 31.2 Å². The SMILES string of the molecule is COc1ccc(S(=O)(=O)N(Cc2ccc(C)cc2)c2scnc2C(=O)OC(C)(C)C)cn1. The van der Waals surface area contributed by atoms with Crippen LogP contribution in [0, 0.1) is 6.92 Å². The Morgan fingerprint density at radius 2 is 1.78 bits per heavy atom. The smallest absolute Gasteiger partial charge is 0.360 e. The van der Waals surface area contributed by atoms with Gasteiger partial charge in [-0.2, -0.15) is 0 Å². The quantitative estimate of drug-likeness (QED) is 0.472. The minimum absolute atomic E-state index is 0.00658. The summed E-state index contributed by atoms with van der Waals surface area (Å²) in [6, 6.07) is 10.4. The van der Waals surface area contributed by atoms with Gasteiger partial charge in [-0.15, -0.1) is 11.3 Å². The highest BCUT2D eigenvalue weighted by atomic mass is 32.2. The number of aryl methyl sites for hydroxylation is 1. The van der Waals surface area contributed by atoms with Crippen molar-refractivity contribution in [1.29, 1.82) is 0 Å². The summed E-state index contributed by atoms with van der Waals surface area (Å²) in [5.41, 5.74) is 2.43. The number of sulfonamides is 1. The monoisotopic (exact) mass is 475 g/mol. The summed E-state index contributed by atoms with van der Waals surface area (Å²) in [6.07, 6.45) is 1.23. The lowest BCUT2D eigenvalue weighted by molar-refractivity contribution is 0.00646. The van der Waals surface area contributed by atoms with Crippen molar-refractivity contribution in [3.63, 3.8) is 0 Å². The lowest BCUT2D eigenvalue weighted by Gasteiger charge is -2.25. The first-order chi connectivity index (χ1) is 15.0. The number of carbonyl (C=O) groups excluding carboxylic acids is 1. The van der Waals surface area contributed by atoms with Crippen LogP contribution in [0.25, 0.3) is 0 Å². The summed E-state index contributed by atoms with van der Waals surface area (Å²) in [5.74, 6) is -0.396. The third-order valence-electron chi connectivity index (χ3n) is 4.32. The fraction of sp³-hybridized carbons (Fsp3) is 0.318. The second-order valence-corrected chi connectivity index (χ2v) is 10.7. The number of hydrogen-bond donors (Lipinski definition) is 0. The molecule has 1 aromatic carbocycles. The predicted octanol–water partition coefficient (Wildman–Crippen LogP) is 4.21. The van der Waals surface area contributed by atoms with E-state index in [4.69, 9.17) is 9.47 Å². The van der Waals surface area contributed by atoms with E-state index in [2.05, 4.69) is 9.97 Å². The molecular formula is C22H25N3O5S2. The number of thiazole rings is 1. The molecule has 0 unspecified atom stereocenters. The standard InChI is InChI=1S/C22H25N3O5S2/c1-15-6-8-16(9-7-15)13-25(32(27,28)17-10-11-18(29-5)23-12-17)20-19(24-14-31-20)21(26)30-22(2,3)4/h6-12,14H,13H2,1-5H3. The van der Waals surface area contributed by atoms with Crippen molar-refractivity contribution >= 4 is 32.3 Å². The topological polar surface area (TPSA) is 98.7 Å². The largest absolute Gasteiger partial charge is 0.481 e. The van der Waals surface area contributed by atoms with E-state index in [0.29, 0.717) is 5.88 Å². The van der Waals surface area contributed by atoms with Gasteiger partial charge in [0.1, 0.15) is 15.5 Å². The summed E-state index contributed by atoms with van der Waals surface area (Å²) >= 11 is 1.05. The van der Waals surface area contributed by atoms with Crippen molar-refractivity contribution in [1.82, 2.24) is 9.97 Å². The number of benzene rings is 1. The number of esters is 1. The van der Waals surface area contributed by atoms with Crippen molar-refractivity contribution in [2.45, 2.75) is 44.7 Å². The van der Waals surface area contributed by atoms with E-state index < -0.39 is 21.6 Å². The molecule has 0 aliphatic rings. The fourth-order valence-corrected chi connectivity index (χ4v) is 5.19. The van der Waals surface area contributed by atoms with Gasteiger partial charge in [0.15, 0.2) is 5.69 Å². The van der Waals surface area contributed by atoms with E-state index in [9.17, 15) is 13.2 Å². The minimum atomic E-state index is -4.08. The number of hydrogen-bond acceptors (Lipinski definition) is 8. The molecule has 10 heteroatoms. The van der Waals surface area contributed by atoms with Gasteiger partial charge in [-0.3, -0.25) is 4.31 Å². The average Bonchev–Trinajstić information content (AvgIpc) is 3.21. The maximum absolute atomic E-state index is 13.6. The number of pyridine rings is 1. The van der Waals surface area contributed by atoms with Crippen molar-refractivity contribution in [3.05, 3.63) is 64.9 Å². The molecule has 0 radical (unpaired) electrons. The van der Waals surface area contributed by atoms with E-state index in [0.717, 1.165) is 26.8 Å². The molecule has 0 atom stereocenters. The zero-order chi connectivity index (χ0) is 23.5. The molecule has 0 aliphatic carbocycles. The van der Waals surface area contributed by atoms with Crippen molar-refractivity contribution < 1.29 is 22.7 Å². The number of anilines is 1. The molecule has 3 rings (SSSR count). The van der Waals surface area contributed by atoms with Crippen LogP contribution in [0.1, 0.15) is 42.4 Å². The van der Waals surface area contributed by atoms with Crippen LogP contribution >= 0.6 is 11.3 Å². The van der Waals surface area contributed by atoms with Gasteiger partial charge < -0.3 is 9.47 Å². The average molecular weight is 476 g/mol. The third kappa shape index (κ3) is 5.43. The molecule has 0 saturated carbocycles. The Balaban J connectivity index is 2.08. The van der Waals surface area contributed by atoms with E-state index >= 15 is 0 Å². The summed E-state index contributed by atoms with van der Waals surface area (Å²) in [7, 11) is -2.63. The Labute approximate surface area is 191 Å². The van der Waals surface area contributed by atoms with Gasteiger partial charge in [-0.25, -0.2) is 23.2 Å². The molecule has 3 aromatic rings. The van der Waals surface area contributed by atoms with Crippen LogP contribution in [-0.2, 0) is 21.3 Å². The number of methoxy groups -OCH3 is 1. The van der Waals surface area contributed by atoms with Gasteiger partial charge in [0.05, 0.1) is 25.4 Å². The molecule has 8 nitrogen and oxygen atoms in total. The number of aromatic nitrogens is 2. The van der Waals surface area contributed by atoms with Crippen molar-refractivity contribution in [2.75, 3.05) is 11.4 Å². The Kier molecular flexibility index (Phi) is 6.85. The summed E-state index contributed by atoms with van der Waals surface area (Å²) in [5, 5.41) is 0.177. The Morgan fingerprint density at radius 1 is 1.09 bits per heavy atom. The second-order valence-electron chi connectivity index (χ2n) is 8.04. The molecule has 0 N–H and O–H groups in total. The summed E-state index contributed by atoms with van der Waals surface area (Å²) in [6.45, 7) is 7.17. The number of rotatable bonds is 7. The molecule has 0 aliphatic heterocycles. The molecule has 170 valence electrons. The molecule has 0 fully saturated rings. The van der Waals surface area contributed by atoms with Crippen LogP contribution in [0.5, 0.6) is 5.88 Å². The van der Waals surface area contributed by atoms with E-state index in [1.54, 1.807) is 20.8 Å². The molecule has 2 heterocycles. The molecule has 0 saturated heterocycles. The summed E-state index contributed by atoms with van der Waals surface area (Å²) < 4.78 is 38.9. The van der Waals surface area contributed by atoms with Gasteiger partial charge in [0.25, 0.3) is 10.0 Å². The van der Waals surface area contributed by atoms with Crippen molar-refractivity contribution in [3.8, 4) is 5.88 Å². The summed E-state index contributed by atoms with van der Waals surface area (Å²) in [4.78, 5) is 20.9. The normalized spacial score (nSPS) is 11.8. The van der Waals surface area contributed by atoms with Gasteiger partial charge in [-0.05, 0) is 39.3 Å². The first-order valence-corrected chi connectivity index (χ1v) is 12.1. The van der Waals surface area contributed by atoms with Crippen LogP contribution in [0.4, 0.5) is 5.00 Å².